The Morgan fingerprint density at radius 3 is 2.22 bits per heavy atom. The molecule has 20 heteroatoms. The van der Waals surface area contributed by atoms with E-state index in [9.17, 15) is 48.9 Å². The van der Waals surface area contributed by atoms with Gasteiger partial charge in [0.15, 0.2) is 12.2 Å². The van der Waals surface area contributed by atoms with Crippen LogP contribution >= 0.6 is 11.8 Å². The molecule has 0 aromatic rings. The molecule has 41 heavy (non-hydrogen) atoms. The molecule has 0 bridgehead atoms. The molecule has 19 nitrogen and oxygen atoms in total. The van der Waals surface area contributed by atoms with Crippen molar-refractivity contribution in [2.75, 3.05) is 24.6 Å². The first-order chi connectivity index (χ1) is 19.2. The fourth-order valence-electron chi connectivity index (χ4n) is 3.26. The minimum absolute atomic E-state index is 0.0559. The molecule has 0 saturated carbocycles. The summed E-state index contributed by atoms with van der Waals surface area (Å²) in [7, 11) is 0. The molecule has 5 amide bonds. The molecule has 4 unspecified atom stereocenters. The summed E-state index contributed by atoms with van der Waals surface area (Å²) in [5.74, 6) is -8.90. The van der Waals surface area contributed by atoms with Gasteiger partial charge in [0.1, 0.15) is 24.5 Å². The van der Waals surface area contributed by atoms with E-state index in [0.717, 1.165) is 11.8 Å². The van der Waals surface area contributed by atoms with Gasteiger partial charge >= 0.3 is 11.9 Å². The number of nitrogens with zero attached hydrogens (tertiary/aromatic N) is 1. The molecule has 13 N–H and O–H groups in total. The smallest absolute Gasteiger partial charge is 0.310 e. The number of amides is 5. The zero-order valence-electron chi connectivity index (χ0n) is 21.6. The first kappa shape index (κ1) is 34.9. The van der Waals surface area contributed by atoms with Crippen molar-refractivity contribution in [3.8, 4) is 0 Å². The van der Waals surface area contributed by atoms with Gasteiger partial charge in [0.25, 0.3) is 0 Å². The minimum atomic E-state index is -2.16. The molecule has 0 aromatic carbocycles. The van der Waals surface area contributed by atoms with Crippen molar-refractivity contribution in [3.63, 3.8) is 0 Å². The molecular formula is C21H33N8O11S. The standard InChI is InChI=1S/C21H33N8O11S/c22-21(23)24-3-1-2-9-17(36)25-6-13(30)26-10(4-15(32)33)19(38)29-12(20(39)40)7-41-8-14(31)27-11(5-16(34)35)18(37)28-9/h4,9-12,20,39-40H,1-3,5-8H2,(H,25,36)(H,26,30)(H,27,31)(H,28,37)(H,29,38)(H,32,33)(H,34,35)(H4,22,23,24). The molecule has 0 spiro atoms. The second-order valence-electron chi connectivity index (χ2n) is 8.54. The van der Waals surface area contributed by atoms with Gasteiger partial charge in [0.05, 0.1) is 24.8 Å². The van der Waals surface area contributed by atoms with Crippen LogP contribution in [0, 0.1) is 6.42 Å². The van der Waals surface area contributed by atoms with E-state index in [1.54, 1.807) is 0 Å². The molecule has 1 rings (SSSR count). The predicted molar refractivity (Wildman–Crippen MR) is 140 cm³/mol. The second-order valence-corrected chi connectivity index (χ2v) is 9.57. The molecule has 0 aromatic heterocycles. The maximum Gasteiger partial charge on any atom is 0.310 e. The summed E-state index contributed by atoms with van der Waals surface area (Å²) in [5, 5.41) is 48.5. The number of aliphatic imine (C=N–C) groups is 1. The number of hydrogen-bond acceptors (Lipinski definition) is 11. The molecule has 1 radical (unpaired) electrons. The number of aliphatic hydroxyl groups excluding tert-OH is 1. The summed E-state index contributed by atoms with van der Waals surface area (Å²) in [4.78, 5) is 89.4. The number of nitrogens with two attached hydrogens (primary N) is 2. The van der Waals surface area contributed by atoms with E-state index in [4.69, 9.17) is 16.6 Å². The zero-order chi connectivity index (χ0) is 31.1. The Morgan fingerprint density at radius 2 is 1.63 bits per heavy atom. The number of carbonyl (C=O) groups excluding carboxylic acids is 5. The SMILES string of the molecule is NC(N)=NCCCC1NC(=O)C(CC(=O)O)NC(=O)CSCC(C(O)O)NC(=O)C([CH]C(=O)O)NC(=O)CNC1=O. The number of carbonyl (C=O) groups is 7. The Morgan fingerprint density at radius 1 is 0.951 bits per heavy atom. The van der Waals surface area contributed by atoms with E-state index >= 15 is 0 Å². The van der Waals surface area contributed by atoms with Crippen LogP contribution in [0.4, 0.5) is 0 Å². The van der Waals surface area contributed by atoms with Crippen molar-refractivity contribution in [2.45, 2.75) is 49.7 Å². The molecule has 1 fully saturated rings. The lowest BCUT2D eigenvalue weighted by Gasteiger charge is -2.25. The monoisotopic (exact) mass is 605 g/mol. The number of aliphatic carboxylic acids is 2. The number of carboxylic acids is 2. The van der Waals surface area contributed by atoms with Crippen LogP contribution in [0.3, 0.4) is 0 Å². The molecule has 1 aliphatic rings. The van der Waals surface area contributed by atoms with Gasteiger partial charge in [-0.25, -0.2) is 0 Å². The summed E-state index contributed by atoms with van der Waals surface area (Å²) in [5.41, 5.74) is 10.5. The van der Waals surface area contributed by atoms with Crippen LogP contribution in [0.5, 0.6) is 0 Å². The number of hydrogen-bond donors (Lipinski definition) is 11. The Labute approximate surface area is 237 Å². The van der Waals surface area contributed by atoms with Gasteiger partial charge in [0.2, 0.25) is 29.5 Å². The van der Waals surface area contributed by atoms with Crippen molar-refractivity contribution >= 4 is 59.2 Å². The third kappa shape index (κ3) is 14.2. The van der Waals surface area contributed by atoms with E-state index in [0.29, 0.717) is 6.42 Å². The minimum Gasteiger partial charge on any atom is -0.481 e. The zero-order valence-corrected chi connectivity index (χ0v) is 22.4. The summed E-state index contributed by atoms with van der Waals surface area (Å²) in [6.45, 7) is -0.728. The van der Waals surface area contributed by atoms with Crippen LogP contribution in [-0.4, -0.2) is 123 Å². The molecule has 1 heterocycles. The van der Waals surface area contributed by atoms with Gasteiger partial charge in [-0.05, 0) is 12.8 Å². The van der Waals surface area contributed by atoms with E-state index in [2.05, 4.69) is 31.6 Å². The molecular weight excluding hydrogens is 572 g/mol. The lowest BCUT2D eigenvalue weighted by Crippen LogP contribution is -2.57. The highest BCUT2D eigenvalue weighted by molar-refractivity contribution is 8.00. The Hall–Kier alpha value is -4.17. The third-order valence-corrected chi connectivity index (χ3v) is 6.22. The quantitative estimate of drug-likeness (QED) is 0.0504. The number of rotatable bonds is 9. The van der Waals surface area contributed by atoms with Crippen LogP contribution < -0.4 is 38.1 Å². The highest BCUT2D eigenvalue weighted by Crippen LogP contribution is 2.08. The van der Waals surface area contributed by atoms with Crippen molar-refractivity contribution in [1.29, 1.82) is 0 Å². The Bertz CT molecular complexity index is 1020. The maximum atomic E-state index is 12.9. The van der Waals surface area contributed by atoms with Crippen LogP contribution in [0.25, 0.3) is 0 Å². The van der Waals surface area contributed by atoms with Crippen molar-refractivity contribution in [3.05, 3.63) is 6.42 Å². The van der Waals surface area contributed by atoms with Gasteiger partial charge in [-0.15, -0.1) is 11.8 Å². The summed E-state index contributed by atoms with van der Waals surface area (Å²) >= 11 is 0.761. The number of thioether (sulfide) groups is 1. The number of guanidine groups is 1. The molecule has 1 aliphatic heterocycles. The van der Waals surface area contributed by atoms with Gasteiger partial charge in [-0.1, -0.05) is 0 Å². The highest BCUT2D eigenvalue weighted by atomic mass is 32.2. The fourth-order valence-corrected chi connectivity index (χ4v) is 4.15. The molecule has 4 atom stereocenters. The van der Waals surface area contributed by atoms with Crippen LogP contribution in [0.1, 0.15) is 19.3 Å². The first-order valence-corrected chi connectivity index (χ1v) is 13.1. The average molecular weight is 606 g/mol. The Balaban J connectivity index is 3.26. The van der Waals surface area contributed by atoms with E-state index < -0.39 is 90.7 Å². The van der Waals surface area contributed by atoms with Gasteiger partial charge < -0.3 is 58.5 Å². The molecule has 1 saturated heterocycles. The first-order valence-electron chi connectivity index (χ1n) is 12.0. The molecule has 229 valence electrons. The highest BCUT2D eigenvalue weighted by Gasteiger charge is 2.31. The summed E-state index contributed by atoms with van der Waals surface area (Å²) in [6, 6.07) is -6.18. The van der Waals surface area contributed by atoms with Gasteiger partial charge in [-0.2, -0.15) is 0 Å². The van der Waals surface area contributed by atoms with Crippen LogP contribution in [0.15, 0.2) is 4.99 Å². The summed E-state index contributed by atoms with van der Waals surface area (Å²) < 4.78 is 0. The average Bonchev–Trinajstić information content (AvgIpc) is 2.86. The second kappa shape index (κ2) is 17.5. The summed E-state index contributed by atoms with van der Waals surface area (Å²) in [6.07, 6.45) is -2.51. The maximum absolute atomic E-state index is 12.9. The lowest BCUT2D eigenvalue weighted by molar-refractivity contribution is -0.141. The topological polar surface area (TPSA) is 325 Å². The van der Waals surface area contributed by atoms with Crippen molar-refractivity contribution < 1.29 is 54.0 Å². The number of nitrogens with one attached hydrogen (secondary N) is 5. The molecule has 0 aliphatic carbocycles. The van der Waals surface area contributed by atoms with Crippen molar-refractivity contribution in [1.82, 2.24) is 26.6 Å². The lowest BCUT2D eigenvalue weighted by atomic mass is 10.1. The normalized spacial score (nSPS) is 23.5. The Kier molecular flexibility index (Phi) is 14.9. The predicted octanol–water partition coefficient (Wildman–Crippen LogP) is -6.08. The van der Waals surface area contributed by atoms with Crippen LogP contribution in [-0.2, 0) is 33.6 Å². The largest absolute Gasteiger partial charge is 0.481 e. The number of carboxylic acid groups (broad SMARTS) is 2. The van der Waals surface area contributed by atoms with E-state index in [1.807, 2.05) is 0 Å². The fraction of sp³-hybridized carbons (Fsp3) is 0.571. The number of aliphatic hydroxyl groups is 2. The van der Waals surface area contributed by atoms with Gasteiger partial charge in [0, 0.05) is 12.3 Å². The van der Waals surface area contributed by atoms with Crippen molar-refractivity contribution in [2.24, 2.45) is 16.5 Å². The van der Waals surface area contributed by atoms with E-state index in [-0.39, 0.29) is 31.1 Å². The van der Waals surface area contributed by atoms with Gasteiger partial charge in [-0.3, -0.25) is 38.6 Å². The van der Waals surface area contributed by atoms with Crippen LogP contribution in [0.2, 0.25) is 0 Å². The third-order valence-electron chi connectivity index (χ3n) is 5.16. The van der Waals surface area contributed by atoms with E-state index in [1.165, 1.54) is 0 Å².